The third kappa shape index (κ3) is 2.67. The van der Waals surface area contributed by atoms with Crippen molar-refractivity contribution in [2.45, 2.75) is 13.0 Å². The van der Waals surface area contributed by atoms with Crippen LogP contribution in [0, 0.1) is 10.1 Å². The third-order valence-electron chi connectivity index (χ3n) is 1.77. The lowest BCUT2D eigenvalue weighted by molar-refractivity contribution is -0.386. The van der Waals surface area contributed by atoms with E-state index in [1.165, 1.54) is 25.1 Å². The van der Waals surface area contributed by atoms with Gasteiger partial charge in [-0.25, -0.2) is 0 Å². The second-order valence-electron chi connectivity index (χ2n) is 2.89. The molecule has 0 bridgehead atoms. The first kappa shape index (κ1) is 11.0. The Morgan fingerprint density at radius 3 is 2.67 bits per heavy atom. The number of nitro benzene ring substituents is 1. The summed E-state index contributed by atoms with van der Waals surface area (Å²) >= 11 is 0. The molecule has 6 nitrogen and oxygen atoms in total. The molecule has 0 aliphatic heterocycles. The largest absolute Gasteiger partial charge is 0.474 e. The van der Waals surface area contributed by atoms with E-state index in [0.29, 0.717) is 0 Å². The van der Waals surface area contributed by atoms with Crippen molar-refractivity contribution in [2.24, 2.45) is 5.73 Å². The molecule has 1 amide bonds. The Morgan fingerprint density at radius 2 is 2.13 bits per heavy atom. The number of benzene rings is 1. The molecule has 0 aliphatic carbocycles. The summed E-state index contributed by atoms with van der Waals surface area (Å²) in [7, 11) is 0. The molecule has 0 radical (unpaired) electrons. The predicted octanol–water partition coefficient (Wildman–Crippen LogP) is 0.847. The number of hydrogen-bond donors (Lipinski definition) is 1. The Balaban J connectivity index is 2.94. The molecule has 0 saturated carbocycles. The number of carbonyl (C=O) groups excluding carboxylic acids is 1. The van der Waals surface area contributed by atoms with E-state index in [4.69, 9.17) is 10.5 Å². The third-order valence-corrected chi connectivity index (χ3v) is 1.77. The van der Waals surface area contributed by atoms with E-state index >= 15 is 0 Å². The molecular weight excluding hydrogens is 200 g/mol. The summed E-state index contributed by atoms with van der Waals surface area (Å²) in [6.07, 6.45) is -0.897. The molecule has 6 heteroatoms. The van der Waals surface area contributed by atoms with Crippen molar-refractivity contribution in [1.82, 2.24) is 0 Å². The zero-order chi connectivity index (χ0) is 11.4. The number of ether oxygens (including phenoxy) is 1. The molecule has 1 aromatic carbocycles. The molecule has 0 saturated heterocycles. The highest BCUT2D eigenvalue weighted by atomic mass is 16.6. The van der Waals surface area contributed by atoms with Gasteiger partial charge in [0.1, 0.15) is 0 Å². The van der Waals surface area contributed by atoms with Gasteiger partial charge in [-0.2, -0.15) is 0 Å². The van der Waals surface area contributed by atoms with Gasteiger partial charge in [0.2, 0.25) is 0 Å². The first-order chi connectivity index (χ1) is 7.02. The summed E-state index contributed by atoms with van der Waals surface area (Å²) < 4.78 is 5.05. The van der Waals surface area contributed by atoms with E-state index in [1.807, 2.05) is 0 Å². The molecule has 2 N–H and O–H groups in total. The lowest BCUT2D eigenvalue weighted by Gasteiger charge is -2.10. The van der Waals surface area contributed by atoms with Gasteiger partial charge in [0.05, 0.1) is 4.92 Å². The standard InChI is InChI=1S/C9H10N2O4/c1-6(9(10)12)15-8-5-3-2-4-7(8)11(13)14/h2-6H,1H3,(H2,10,12). The van der Waals surface area contributed by atoms with Gasteiger partial charge in [-0.15, -0.1) is 0 Å². The van der Waals surface area contributed by atoms with Crippen LogP contribution in [0.3, 0.4) is 0 Å². The van der Waals surface area contributed by atoms with Gasteiger partial charge in [0.25, 0.3) is 5.91 Å². The fourth-order valence-corrected chi connectivity index (χ4v) is 0.956. The molecule has 1 aromatic rings. The van der Waals surface area contributed by atoms with Gasteiger partial charge < -0.3 is 10.5 Å². The number of para-hydroxylation sites is 2. The van der Waals surface area contributed by atoms with Crippen LogP contribution in [0.1, 0.15) is 6.92 Å². The fraction of sp³-hybridized carbons (Fsp3) is 0.222. The molecule has 0 aromatic heterocycles. The van der Waals surface area contributed by atoms with Crippen LogP contribution >= 0.6 is 0 Å². The van der Waals surface area contributed by atoms with Gasteiger partial charge in [-0.3, -0.25) is 14.9 Å². The van der Waals surface area contributed by atoms with Gasteiger partial charge in [0.15, 0.2) is 11.9 Å². The van der Waals surface area contributed by atoms with Crippen LogP contribution in [0.5, 0.6) is 5.75 Å². The van der Waals surface area contributed by atoms with Crippen LogP contribution < -0.4 is 10.5 Å². The van der Waals surface area contributed by atoms with E-state index < -0.39 is 16.9 Å². The minimum Gasteiger partial charge on any atom is -0.474 e. The maximum absolute atomic E-state index is 10.7. The molecule has 15 heavy (non-hydrogen) atoms. The average molecular weight is 210 g/mol. The number of carbonyl (C=O) groups is 1. The highest BCUT2D eigenvalue weighted by Gasteiger charge is 2.18. The predicted molar refractivity (Wildman–Crippen MR) is 52.4 cm³/mol. The van der Waals surface area contributed by atoms with Gasteiger partial charge in [-0.1, -0.05) is 12.1 Å². The average Bonchev–Trinajstić information content (AvgIpc) is 2.18. The lowest BCUT2D eigenvalue weighted by atomic mass is 10.3. The van der Waals surface area contributed by atoms with Crippen LogP contribution in [-0.2, 0) is 4.79 Å². The summed E-state index contributed by atoms with van der Waals surface area (Å²) in [5.74, 6) is -0.637. The maximum Gasteiger partial charge on any atom is 0.310 e. The Labute approximate surface area is 85.8 Å². The molecule has 80 valence electrons. The summed E-state index contributed by atoms with van der Waals surface area (Å²) in [5.41, 5.74) is 4.79. The summed E-state index contributed by atoms with van der Waals surface area (Å²) in [5, 5.41) is 10.6. The smallest absolute Gasteiger partial charge is 0.310 e. The zero-order valence-electron chi connectivity index (χ0n) is 8.04. The Morgan fingerprint density at radius 1 is 1.53 bits per heavy atom. The van der Waals surface area contributed by atoms with E-state index in [-0.39, 0.29) is 11.4 Å². The minimum atomic E-state index is -0.897. The summed E-state index contributed by atoms with van der Waals surface area (Å²) in [4.78, 5) is 20.7. The highest BCUT2D eigenvalue weighted by Crippen LogP contribution is 2.26. The second kappa shape index (κ2) is 4.41. The molecule has 1 rings (SSSR count). The van der Waals surface area contributed by atoms with E-state index in [1.54, 1.807) is 6.07 Å². The number of hydrogen-bond acceptors (Lipinski definition) is 4. The van der Waals surface area contributed by atoms with Gasteiger partial charge in [0, 0.05) is 6.07 Å². The maximum atomic E-state index is 10.7. The lowest BCUT2D eigenvalue weighted by Crippen LogP contribution is -2.30. The van der Waals surface area contributed by atoms with Crippen molar-refractivity contribution in [2.75, 3.05) is 0 Å². The Hall–Kier alpha value is -2.11. The SMILES string of the molecule is CC(Oc1ccccc1[N+](=O)[O-])C(N)=O. The molecule has 0 fully saturated rings. The highest BCUT2D eigenvalue weighted by molar-refractivity contribution is 5.78. The zero-order valence-corrected chi connectivity index (χ0v) is 8.04. The molecule has 1 unspecified atom stereocenters. The number of amides is 1. The molecule has 0 heterocycles. The Bertz CT molecular complexity index is 391. The van der Waals surface area contributed by atoms with E-state index in [2.05, 4.69) is 0 Å². The topological polar surface area (TPSA) is 95.5 Å². The van der Waals surface area contributed by atoms with Crippen LogP contribution in [0.4, 0.5) is 5.69 Å². The summed E-state index contributed by atoms with van der Waals surface area (Å²) in [6, 6.07) is 5.80. The van der Waals surface area contributed by atoms with Gasteiger partial charge in [-0.05, 0) is 13.0 Å². The van der Waals surface area contributed by atoms with Crippen LogP contribution in [0.2, 0.25) is 0 Å². The van der Waals surface area contributed by atoms with Crippen LogP contribution in [0.15, 0.2) is 24.3 Å². The normalized spacial score (nSPS) is 11.8. The number of primary amides is 1. The second-order valence-corrected chi connectivity index (χ2v) is 2.89. The van der Waals surface area contributed by atoms with Crippen LogP contribution in [0.25, 0.3) is 0 Å². The van der Waals surface area contributed by atoms with Crippen molar-refractivity contribution < 1.29 is 14.5 Å². The van der Waals surface area contributed by atoms with E-state index in [9.17, 15) is 14.9 Å². The number of nitro groups is 1. The minimum absolute atomic E-state index is 0.0359. The Kier molecular flexibility index (Phi) is 3.22. The van der Waals surface area contributed by atoms with E-state index in [0.717, 1.165) is 0 Å². The molecule has 0 aliphatic rings. The van der Waals surface area contributed by atoms with Crippen molar-refractivity contribution in [3.63, 3.8) is 0 Å². The fourth-order valence-electron chi connectivity index (χ4n) is 0.956. The number of nitrogens with two attached hydrogens (primary N) is 1. The molecular formula is C9H10N2O4. The quantitative estimate of drug-likeness (QED) is 0.588. The van der Waals surface area contributed by atoms with Gasteiger partial charge >= 0.3 is 5.69 Å². The van der Waals surface area contributed by atoms with Crippen molar-refractivity contribution in [3.05, 3.63) is 34.4 Å². The van der Waals surface area contributed by atoms with Crippen molar-refractivity contribution in [1.29, 1.82) is 0 Å². The van der Waals surface area contributed by atoms with Crippen molar-refractivity contribution >= 4 is 11.6 Å². The van der Waals surface area contributed by atoms with Crippen LogP contribution in [-0.4, -0.2) is 16.9 Å². The molecule has 0 spiro atoms. The number of rotatable bonds is 4. The first-order valence-corrected chi connectivity index (χ1v) is 4.21. The number of nitrogens with zero attached hydrogens (tertiary/aromatic N) is 1. The molecule has 1 atom stereocenters. The summed E-state index contributed by atoms with van der Waals surface area (Å²) in [6.45, 7) is 1.43. The first-order valence-electron chi connectivity index (χ1n) is 4.21. The van der Waals surface area contributed by atoms with Crippen molar-refractivity contribution in [3.8, 4) is 5.75 Å². The monoisotopic (exact) mass is 210 g/mol.